The highest BCUT2D eigenvalue weighted by molar-refractivity contribution is 8.01. The number of carbonyl (C=O) groups is 1. The third kappa shape index (κ3) is 8.40. The van der Waals surface area contributed by atoms with Gasteiger partial charge in [-0.3, -0.25) is 9.78 Å². The van der Waals surface area contributed by atoms with Gasteiger partial charge in [-0.2, -0.15) is 18.3 Å². The minimum absolute atomic E-state index is 0.179. The molecule has 0 amide bonds. The Labute approximate surface area is 276 Å². The quantitative estimate of drug-likeness (QED) is 0.149. The molecule has 4 aromatic rings. The van der Waals surface area contributed by atoms with Gasteiger partial charge >= 0.3 is 6.18 Å². The Kier molecular flexibility index (Phi) is 11.0. The van der Waals surface area contributed by atoms with E-state index < -0.39 is 29.4 Å². The van der Waals surface area contributed by atoms with Gasteiger partial charge in [-0.05, 0) is 61.2 Å². The molecule has 1 aliphatic carbocycles. The Morgan fingerprint density at radius 2 is 1.62 bits per heavy atom. The Hall–Kier alpha value is -3.75. The average Bonchev–Trinajstić information content (AvgIpc) is 3.72. The topological polar surface area (TPSA) is 75.1 Å². The van der Waals surface area contributed by atoms with Crippen LogP contribution in [0.4, 0.5) is 37.7 Å². The number of benzene rings is 2. The predicted molar refractivity (Wildman–Crippen MR) is 172 cm³/mol. The molecule has 2 aromatic heterocycles. The largest absolute Gasteiger partial charge is 0.449 e. The van der Waals surface area contributed by atoms with Gasteiger partial charge in [-0.1, -0.05) is 24.4 Å². The summed E-state index contributed by atoms with van der Waals surface area (Å²) in [5.41, 5.74) is 1.89. The van der Waals surface area contributed by atoms with Crippen molar-refractivity contribution >= 4 is 40.7 Å². The maximum atomic E-state index is 16.0. The van der Waals surface area contributed by atoms with Gasteiger partial charge in [0.15, 0.2) is 17.5 Å². The summed E-state index contributed by atoms with van der Waals surface area (Å²) in [6.45, 7) is 3.27. The molecule has 2 aromatic carbocycles. The number of piperazine rings is 1. The van der Waals surface area contributed by atoms with Crippen molar-refractivity contribution in [3.8, 4) is 28.1 Å². The first-order valence-corrected chi connectivity index (χ1v) is 16.1. The molecule has 7 nitrogen and oxygen atoms in total. The first-order chi connectivity index (χ1) is 22.4. The van der Waals surface area contributed by atoms with Crippen molar-refractivity contribution in [2.45, 2.75) is 44.0 Å². The number of nitrogens with one attached hydrogen (secondary N) is 2. The number of rotatable bonds is 7. The molecule has 1 saturated carbocycles. The Morgan fingerprint density at radius 3 is 2.21 bits per heavy atom. The number of aromatic nitrogens is 3. The lowest BCUT2D eigenvalue weighted by Crippen LogP contribution is -2.43. The SMILES string of the molecule is CC(=O)C(F)(F)F.Fc1cc(N2CCNCC2)cc(F)c1-n1cc(-c2cc(Cl)cc(NSC3CCCC3)c2F)c(-c2ccncc2)n1. The van der Waals surface area contributed by atoms with Crippen molar-refractivity contribution in [3.63, 3.8) is 0 Å². The average molecular weight is 697 g/mol. The number of hydrogen-bond acceptors (Lipinski definition) is 7. The number of pyridine rings is 1. The highest BCUT2D eigenvalue weighted by atomic mass is 35.5. The summed E-state index contributed by atoms with van der Waals surface area (Å²) < 4.78 is 83.8. The molecular weight excluding hydrogens is 666 g/mol. The number of ketones is 1. The molecule has 15 heteroatoms. The highest BCUT2D eigenvalue weighted by Gasteiger charge is 2.33. The summed E-state index contributed by atoms with van der Waals surface area (Å²) in [6, 6.07) is 9.13. The van der Waals surface area contributed by atoms with Crippen LogP contribution in [0.2, 0.25) is 5.02 Å². The van der Waals surface area contributed by atoms with Gasteiger partial charge in [0.2, 0.25) is 5.78 Å². The molecule has 1 aliphatic heterocycles. The number of alkyl halides is 3. The molecule has 2 N–H and O–H groups in total. The van der Waals surface area contributed by atoms with E-state index in [1.807, 2.05) is 4.90 Å². The maximum Gasteiger partial charge on any atom is 0.449 e. The minimum Gasteiger partial charge on any atom is -0.369 e. The number of hydrogen-bond donors (Lipinski definition) is 2. The zero-order chi connectivity index (χ0) is 33.7. The smallest absolute Gasteiger partial charge is 0.369 e. The molecule has 0 radical (unpaired) electrons. The third-order valence-corrected chi connectivity index (χ3v) is 9.11. The highest BCUT2D eigenvalue weighted by Crippen LogP contribution is 2.40. The van der Waals surface area contributed by atoms with Crippen LogP contribution in [0, 0.1) is 17.5 Å². The number of halogens is 7. The van der Waals surface area contributed by atoms with E-state index in [9.17, 15) is 18.0 Å². The van der Waals surface area contributed by atoms with Gasteiger partial charge in [0.05, 0.1) is 5.69 Å². The summed E-state index contributed by atoms with van der Waals surface area (Å²) in [6.07, 6.45) is 4.47. The van der Waals surface area contributed by atoms with Gasteiger partial charge in [0, 0.05) is 84.3 Å². The lowest BCUT2D eigenvalue weighted by Gasteiger charge is -2.29. The number of carbonyl (C=O) groups excluding carboxylic acids is 1. The molecule has 250 valence electrons. The molecule has 2 fully saturated rings. The molecule has 47 heavy (non-hydrogen) atoms. The molecule has 3 heterocycles. The molecule has 0 atom stereocenters. The number of anilines is 2. The van der Waals surface area contributed by atoms with Crippen LogP contribution in [-0.4, -0.2) is 58.2 Å². The standard InChI is InChI=1S/C29H28ClF3N6S.C3H3F3O/c30-19-13-22(27(33)26(14-19)37-40-21-3-1-2-4-21)23-17-39(36-28(23)18-5-7-34-8-6-18)29-24(31)15-20(16-25(29)32)38-11-9-35-10-12-38;1-2(7)3(4,5)6/h5-8,13-17,21,35,37H,1-4,9-12H2;1H3. The van der Waals surface area contributed by atoms with E-state index in [0.29, 0.717) is 52.8 Å². The van der Waals surface area contributed by atoms with Crippen LogP contribution in [0.5, 0.6) is 0 Å². The van der Waals surface area contributed by atoms with E-state index in [1.54, 1.807) is 30.6 Å². The van der Waals surface area contributed by atoms with Crippen LogP contribution >= 0.6 is 23.5 Å². The predicted octanol–water partition coefficient (Wildman–Crippen LogP) is 8.22. The fourth-order valence-electron chi connectivity index (χ4n) is 5.30. The molecular formula is C32H31ClF6N6OS. The van der Waals surface area contributed by atoms with Gasteiger partial charge in [0.25, 0.3) is 0 Å². The second-order valence-corrected chi connectivity index (χ2v) is 12.6. The molecule has 2 aliphatic rings. The maximum absolute atomic E-state index is 16.0. The van der Waals surface area contributed by atoms with Crippen molar-refractivity contribution in [1.29, 1.82) is 0 Å². The summed E-state index contributed by atoms with van der Waals surface area (Å²) in [5.74, 6) is -3.79. The van der Waals surface area contributed by atoms with Crippen molar-refractivity contribution in [2.24, 2.45) is 0 Å². The van der Waals surface area contributed by atoms with Gasteiger partial charge in [-0.15, -0.1) is 0 Å². The second-order valence-electron chi connectivity index (χ2n) is 11.1. The number of nitrogens with zero attached hydrogens (tertiary/aromatic N) is 4. The van der Waals surface area contributed by atoms with Crippen molar-refractivity contribution < 1.29 is 31.1 Å². The van der Waals surface area contributed by atoms with Crippen LogP contribution in [0.15, 0.2) is 55.0 Å². The summed E-state index contributed by atoms with van der Waals surface area (Å²) in [7, 11) is 0. The first-order valence-electron chi connectivity index (χ1n) is 14.9. The fraction of sp³-hybridized carbons (Fsp3) is 0.344. The molecule has 0 bridgehead atoms. The van der Waals surface area contributed by atoms with Crippen LogP contribution in [0.1, 0.15) is 32.6 Å². The Morgan fingerprint density at radius 1 is 1.00 bits per heavy atom. The van der Waals surface area contributed by atoms with Crippen LogP contribution < -0.4 is 14.9 Å². The second kappa shape index (κ2) is 15.0. The summed E-state index contributed by atoms with van der Waals surface area (Å²) in [5, 5.41) is 8.52. The van der Waals surface area contributed by atoms with Gasteiger partial charge in [-0.25, -0.2) is 17.9 Å². The van der Waals surface area contributed by atoms with E-state index in [0.717, 1.165) is 30.6 Å². The van der Waals surface area contributed by atoms with Crippen LogP contribution in [0.3, 0.4) is 0 Å². The zero-order valence-electron chi connectivity index (χ0n) is 25.2. The first kappa shape index (κ1) is 34.6. The van der Waals surface area contributed by atoms with Gasteiger partial charge in [0.1, 0.15) is 11.4 Å². The molecule has 6 rings (SSSR count). The third-order valence-electron chi connectivity index (χ3n) is 7.75. The summed E-state index contributed by atoms with van der Waals surface area (Å²) >= 11 is 7.95. The van der Waals surface area contributed by atoms with Crippen LogP contribution in [-0.2, 0) is 4.79 Å². The van der Waals surface area contributed by atoms with Crippen molar-refractivity contribution in [3.05, 3.63) is 77.5 Å². The van der Waals surface area contributed by atoms with Crippen molar-refractivity contribution in [2.75, 3.05) is 35.8 Å². The summed E-state index contributed by atoms with van der Waals surface area (Å²) in [4.78, 5) is 15.3. The Bertz CT molecular complexity index is 1690. The zero-order valence-corrected chi connectivity index (χ0v) is 26.8. The van der Waals surface area contributed by atoms with E-state index >= 15 is 13.2 Å². The molecule has 1 saturated heterocycles. The molecule has 0 spiro atoms. The number of Topliss-reactive ketones (excluding diaryl/α,β-unsaturated/α-hetero) is 1. The van der Waals surface area contributed by atoms with E-state index in [1.165, 1.54) is 49.2 Å². The molecule has 0 unspecified atom stereocenters. The van der Waals surface area contributed by atoms with E-state index in [2.05, 4.69) is 20.1 Å². The normalized spacial score (nSPS) is 15.4. The lowest BCUT2D eigenvalue weighted by atomic mass is 10.0. The van der Waals surface area contributed by atoms with E-state index in [-0.39, 0.29) is 16.9 Å². The van der Waals surface area contributed by atoms with Crippen molar-refractivity contribution in [1.82, 2.24) is 20.1 Å². The van der Waals surface area contributed by atoms with E-state index in [4.69, 9.17) is 11.6 Å². The van der Waals surface area contributed by atoms with Gasteiger partial charge < -0.3 is 14.9 Å². The minimum atomic E-state index is -4.64. The lowest BCUT2D eigenvalue weighted by molar-refractivity contribution is -0.168. The Balaban J connectivity index is 0.000000559. The monoisotopic (exact) mass is 696 g/mol. The fourth-order valence-corrected chi connectivity index (χ4v) is 6.53. The van der Waals surface area contributed by atoms with Crippen LogP contribution in [0.25, 0.3) is 28.1 Å².